The molecule has 0 N–H and O–H groups in total. The average Bonchev–Trinajstić information content (AvgIpc) is 3.38. The molecule has 0 aliphatic heterocycles. The van der Waals surface area contributed by atoms with Crippen molar-refractivity contribution in [2.24, 2.45) is 0 Å². The van der Waals surface area contributed by atoms with E-state index in [9.17, 15) is 4.79 Å². The van der Waals surface area contributed by atoms with Crippen LogP contribution in [0.5, 0.6) is 0 Å². The highest BCUT2D eigenvalue weighted by atomic mass is 32.1. The number of hydrogen-bond acceptors (Lipinski definition) is 5. The molecule has 0 fully saturated rings. The Labute approximate surface area is 155 Å². The topological polar surface area (TPSA) is 60.7 Å². The third-order valence-corrected chi connectivity index (χ3v) is 5.03. The van der Waals surface area contributed by atoms with Crippen molar-refractivity contribution in [1.82, 2.24) is 19.5 Å². The van der Waals surface area contributed by atoms with Crippen LogP contribution in [0.4, 0.5) is 0 Å². The molecule has 0 saturated carbocycles. The number of pyridine rings is 2. The maximum Gasteiger partial charge on any atom is 0.181 e. The number of hydrogen-bond donors (Lipinski definition) is 0. The van der Waals surface area contributed by atoms with Crippen molar-refractivity contribution < 1.29 is 4.79 Å². The van der Waals surface area contributed by atoms with Crippen LogP contribution in [0, 0.1) is 0 Å². The van der Waals surface area contributed by atoms with Gasteiger partial charge < -0.3 is 4.57 Å². The summed E-state index contributed by atoms with van der Waals surface area (Å²) in [4.78, 5) is 25.5. The zero-order valence-corrected chi connectivity index (χ0v) is 15.0. The molecule has 0 unspecified atom stereocenters. The first-order chi connectivity index (χ1) is 12.8. The molecule has 0 saturated heterocycles. The fourth-order valence-electron chi connectivity index (χ4n) is 2.95. The summed E-state index contributed by atoms with van der Waals surface area (Å²) in [7, 11) is 0. The summed E-state index contributed by atoms with van der Waals surface area (Å²) in [5.74, 6) is 0.0885. The predicted octanol–water partition coefficient (Wildman–Crippen LogP) is 4.61. The summed E-state index contributed by atoms with van der Waals surface area (Å²) in [6, 6.07) is 5.79. The quantitative estimate of drug-likeness (QED) is 0.356. The van der Waals surface area contributed by atoms with Crippen LogP contribution in [-0.4, -0.2) is 25.3 Å². The summed E-state index contributed by atoms with van der Waals surface area (Å²) >= 11 is 1.64. The standard InChI is InChI=1S/C20H18N4OS/c25-19(3-1-2-8-24-9-7-21-14-24)18-5-4-15-11-22-12-17(20(15)23-18)16-6-10-26-13-16/h4-7,9-14H,1-3,8H2. The smallest absolute Gasteiger partial charge is 0.181 e. The molecule has 0 spiro atoms. The Morgan fingerprint density at radius 3 is 2.88 bits per heavy atom. The molecule has 4 aromatic heterocycles. The minimum absolute atomic E-state index is 0.0885. The van der Waals surface area contributed by atoms with Gasteiger partial charge in [-0.25, -0.2) is 9.97 Å². The van der Waals surface area contributed by atoms with E-state index in [-0.39, 0.29) is 5.78 Å². The lowest BCUT2D eigenvalue weighted by atomic mass is 10.1. The van der Waals surface area contributed by atoms with E-state index in [1.807, 2.05) is 34.5 Å². The van der Waals surface area contributed by atoms with Crippen LogP contribution in [0.2, 0.25) is 0 Å². The number of aromatic nitrogens is 4. The van der Waals surface area contributed by atoms with Crippen molar-refractivity contribution in [1.29, 1.82) is 0 Å². The number of aryl methyl sites for hydroxylation is 1. The molecule has 0 atom stereocenters. The molecule has 0 bridgehead atoms. The second kappa shape index (κ2) is 7.58. The summed E-state index contributed by atoms with van der Waals surface area (Å²) in [6.45, 7) is 0.881. The van der Waals surface area contributed by atoms with Gasteiger partial charge in [0, 0.05) is 48.7 Å². The van der Waals surface area contributed by atoms with Crippen LogP contribution in [0.1, 0.15) is 29.8 Å². The highest BCUT2D eigenvalue weighted by molar-refractivity contribution is 7.08. The second-order valence-electron chi connectivity index (χ2n) is 6.15. The number of Topliss-reactive ketones (excluding diaryl/α,β-unsaturated/α-hetero) is 1. The fourth-order valence-corrected chi connectivity index (χ4v) is 3.61. The van der Waals surface area contributed by atoms with E-state index in [1.54, 1.807) is 36.1 Å². The van der Waals surface area contributed by atoms with Gasteiger partial charge in [0.2, 0.25) is 0 Å². The van der Waals surface area contributed by atoms with E-state index in [1.165, 1.54) is 0 Å². The SMILES string of the molecule is O=C(CCCCn1ccnc1)c1ccc2cncc(-c3ccsc3)c2n1. The largest absolute Gasteiger partial charge is 0.337 e. The van der Waals surface area contributed by atoms with Crippen LogP contribution < -0.4 is 0 Å². The summed E-state index contributed by atoms with van der Waals surface area (Å²) in [5, 5.41) is 5.05. The second-order valence-corrected chi connectivity index (χ2v) is 6.93. The molecule has 130 valence electrons. The van der Waals surface area contributed by atoms with E-state index in [4.69, 9.17) is 0 Å². The van der Waals surface area contributed by atoms with Gasteiger partial charge in [0.15, 0.2) is 5.78 Å². The number of rotatable bonds is 7. The number of carbonyl (C=O) groups is 1. The normalized spacial score (nSPS) is 11.1. The Kier molecular flexibility index (Phi) is 4.84. The molecule has 26 heavy (non-hydrogen) atoms. The monoisotopic (exact) mass is 362 g/mol. The van der Waals surface area contributed by atoms with E-state index in [2.05, 4.69) is 20.3 Å². The third kappa shape index (κ3) is 3.55. The van der Waals surface area contributed by atoms with Gasteiger partial charge >= 0.3 is 0 Å². The van der Waals surface area contributed by atoms with Crippen molar-refractivity contribution >= 4 is 28.0 Å². The molecule has 5 nitrogen and oxygen atoms in total. The fraction of sp³-hybridized carbons (Fsp3) is 0.200. The molecule has 0 radical (unpaired) electrons. The highest BCUT2D eigenvalue weighted by Crippen LogP contribution is 2.28. The number of imidazole rings is 1. The summed E-state index contributed by atoms with van der Waals surface area (Å²) in [6.07, 6.45) is 11.4. The Morgan fingerprint density at radius 2 is 2.08 bits per heavy atom. The van der Waals surface area contributed by atoms with Crippen molar-refractivity contribution in [3.05, 3.63) is 65.8 Å². The highest BCUT2D eigenvalue weighted by Gasteiger charge is 2.12. The van der Waals surface area contributed by atoms with Gasteiger partial charge in [0.1, 0.15) is 5.69 Å². The van der Waals surface area contributed by atoms with Gasteiger partial charge in [-0.05, 0) is 47.4 Å². The van der Waals surface area contributed by atoms with Crippen molar-refractivity contribution in [2.45, 2.75) is 25.8 Å². The first kappa shape index (κ1) is 16.6. The van der Waals surface area contributed by atoms with E-state index in [0.717, 1.165) is 41.4 Å². The average molecular weight is 362 g/mol. The Bertz CT molecular complexity index is 1010. The first-order valence-corrected chi connectivity index (χ1v) is 9.52. The number of thiophene rings is 1. The maximum atomic E-state index is 12.6. The number of unbranched alkanes of at least 4 members (excludes halogenated alkanes) is 1. The molecule has 0 aliphatic rings. The number of carbonyl (C=O) groups excluding carboxylic acids is 1. The van der Waals surface area contributed by atoms with E-state index in [0.29, 0.717) is 12.1 Å². The van der Waals surface area contributed by atoms with Crippen LogP contribution in [-0.2, 0) is 6.54 Å². The zero-order valence-electron chi connectivity index (χ0n) is 14.2. The minimum atomic E-state index is 0.0885. The summed E-state index contributed by atoms with van der Waals surface area (Å²) in [5.41, 5.74) is 3.43. The van der Waals surface area contributed by atoms with Crippen LogP contribution in [0.25, 0.3) is 22.0 Å². The molecular formula is C20H18N4OS. The number of ketones is 1. The van der Waals surface area contributed by atoms with Crippen LogP contribution in [0.3, 0.4) is 0 Å². The van der Waals surface area contributed by atoms with Crippen molar-refractivity contribution in [3.63, 3.8) is 0 Å². The molecule has 0 amide bonds. The lowest BCUT2D eigenvalue weighted by Gasteiger charge is -2.06. The van der Waals surface area contributed by atoms with E-state index < -0.39 is 0 Å². The van der Waals surface area contributed by atoms with Crippen molar-refractivity contribution in [2.75, 3.05) is 0 Å². The minimum Gasteiger partial charge on any atom is -0.337 e. The molecule has 4 heterocycles. The number of fused-ring (bicyclic) bond motifs is 1. The Morgan fingerprint density at radius 1 is 1.12 bits per heavy atom. The lowest BCUT2D eigenvalue weighted by molar-refractivity contribution is 0.0974. The van der Waals surface area contributed by atoms with Crippen LogP contribution >= 0.6 is 11.3 Å². The lowest BCUT2D eigenvalue weighted by Crippen LogP contribution is -2.04. The zero-order chi connectivity index (χ0) is 17.8. The van der Waals surface area contributed by atoms with Crippen molar-refractivity contribution in [3.8, 4) is 11.1 Å². The van der Waals surface area contributed by atoms with Gasteiger partial charge in [-0.15, -0.1) is 0 Å². The first-order valence-electron chi connectivity index (χ1n) is 8.57. The molecule has 4 aromatic rings. The van der Waals surface area contributed by atoms with Gasteiger partial charge in [-0.3, -0.25) is 9.78 Å². The predicted molar refractivity (Wildman–Crippen MR) is 103 cm³/mol. The molecule has 4 rings (SSSR count). The summed E-state index contributed by atoms with van der Waals surface area (Å²) < 4.78 is 2.03. The Balaban J connectivity index is 1.49. The molecule has 0 aliphatic carbocycles. The van der Waals surface area contributed by atoms with Crippen LogP contribution in [0.15, 0.2) is 60.1 Å². The molecule has 6 heteroatoms. The molecular weight excluding hydrogens is 344 g/mol. The van der Waals surface area contributed by atoms with Gasteiger partial charge in [0.25, 0.3) is 0 Å². The Hall–Kier alpha value is -2.86. The van der Waals surface area contributed by atoms with Gasteiger partial charge in [0.05, 0.1) is 11.8 Å². The van der Waals surface area contributed by atoms with E-state index >= 15 is 0 Å². The van der Waals surface area contributed by atoms with Gasteiger partial charge in [-0.2, -0.15) is 11.3 Å². The maximum absolute atomic E-state index is 12.6. The third-order valence-electron chi connectivity index (χ3n) is 4.35. The number of nitrogens with zero attached hydrogens (tertiary/aromatic N) is 4. The molecule has 0 aromatic carbocycles. The van der Waals surface area contributed by atoms with Gasteiger partial charge in [-0.1, -0.05) is 0 Å².